The molecular weight excluding hydrogens is 180 g/mol. The molecule has 0 saturated carbocycles. The Kier molecular flexibility index (Phi) is 3.65. The Hall–Kier alpha value is -1.35. The molecule has 0 saturated heterocycles. The Morgan fingerprint density at radius 3 is 2.43 bits per heavy atom. The Morgan fingerprint density at radius 1 is 1.43 bits per heavy atom. The molecule has 14 heavy (non-hydrogen) atoms. The van der Waals surface area contributed by atoms with Gasteiger partial charge in [-0.25, -0.2) is 0 Å². The van der Waals surface area contributed by atoms with Crippen LogP contribution in [-0.4, -0.2) is 23.6 Å². The van der Waals surface area contributed by atoms with Gasteiger partial charge in [0.1, 0.15) is 11.9 Å². The van der Waals surface area contributed by atoms with E-state index in [0.717, 1.165) is 5.75 Å². The standard InChI is InChI=1S/C11H14O3/c1-3-14-10-6-4-9(5-7-10)11(13)8(2)12/h4-8,12H,3H2,1-2H3. The monoisotopic (exact) mass is 194 g/mol. The minimum Gasteiger partial charge on any atom is -0.494 e. The average Bonchev–Trinajstić information content (AvgIpc) is 2.18. The van der Waals surface area contributed by atoms with Crippen molar-refractivity contribution in [2.24, 2.45) is 0 Å². The molecule has 1 rings (SSSR count). The summed E-state index contributed by atoms with van der Waals surface area (Å²) >= 11 is 0. The summed E-state index contributed by atoms with van der Waals surface area (Å²) < 4.78 is 5.23. The van der Waals surface area contributed by atoms with Crippen LogP contribution in [0.2, 0.25) is 0 Å². The molecular formula is C11H14O3. The first-order valence-electron chi connectivity index (χ1n) is 4.60. The van der Waals surface area contributed by atoms with E-state index in [1.807, 2.05) is 6.92 Å². The first kappa shape index (κ1) is 10.7. The molecule has 1 aromatic rings. The number of hydrogen-bond acceptors (Lipinski definition) is 3. The molecule has 3 nitrogen and oxygen atoms in total. The maximum absolute atomic E-state index is 11.3. The minimum absolute atomic E-state index is 0.270. The van der Waals surface area contributed by atoms with Crippen LogP contribution in [0.15, 0.2) is 24.3 Å². The summed E-state index contributed by atoms with van der Waals surface area (Å²) in [7, 11) is 0. The van der Waals surface area contributed by atoms with Crippen LogP contribution in [0.3, 0.4) is 0 Å². The van der Waals surface area contributed by atoms with Crippen LogP contribution in [0.4, 0.5) is 0 Å². The lowest BCUT2D eigenvalue weighted by Crippen LogP contribution is -2.15. The van der Waals surface area contributed by atoms with Crippen LogP contribution < -0.4 is 4.74 Å². The second-order valence-electron chi connectivity index (χ2n) is 3.00. The normalized spacial score (nSPS) is 12.2. The third kappa shape index (κ3) is 2.57. The van der Waals surface area contributed by atoms with Crippen molar-refractivity contribution in [3.05, 3.63) is 29.8 Å². The van der Waals surface area contributed by atoms with Crippen molar-refractivity contribution in [3.8, 4) is 5.75 Å². The summed E-state index contributed by atoms with van der Waals surface area (Å²) in [5.41, 5.74) is 0.503. The molecule has 1 atom stereocenters. The Labute approximate surface area is 83.3 Å². The van der Waals surface area contributed by atoms with Gasteiger partial charge in [0.05, 0.1) is 6.61 Å². The van der Waals surface area contributed by atoms with E-state index in [4.69, 9.17) is 9.84 Å². The highest BCUT2D eigenvalue weighted by Crippen LogP contribution is 2.13. The summed E-state index contributed by atoms with van der Waals surface area (Å²) in [5, 5.41) is 9.07. The van der Waals surface area contributed by atoms with Crippen LogP contribution in [0.1, 0.15) is 24.2 Å². The van der Waals surface area contributed by atoms with Crippen LogP contribution in [0.25, 0.3) is 0 Å². The van der Waals surface area contributed by atoms with Crippen molar-refractivity contribution < 1.29 is 14.6 Å². The van der Waals surface area contributed by atoms with Crippen LogP contribution in [-0.2, 0) is 0 Å². The van der Waals surface area contributed by atoms with E-state index in [9.17, 15) is 4.79 Å². The minimum atomic E-state index is -0.951. The van der Waals surface area contributed by atoms with Gasteiger partial charge in [-0.3, -0.25) is 4.79 Å². The zero-order valence-corrected chi connectivity index (χ0v) is 8.36. The fourth-order valence-electron chi connectivity index (χ4n) is 1.12. The van der Waals surface area contributed by atoms with Gasteiger partial charge in [-0.05, 0) is 38.1 Å². The van der Waals surface area contributed by atoms with Gasteiger partial charge in [0, 0.05) is 5.56 Å². The molecule has 0 aliphatic heterocycles. The Balaban J connectivity index is 2.78. The number of ether oxygens (including phenoxy) is 1. The molecule has 76 valence electrons. The quantitative estimate of drug-likeness (QED) is 0.741. The molecule has 3 heteroatoms. The molecule has 0 bridgehead atoms. The lowest BCUT2D eigenvalue weighted by atomic mass is 10.1. The van der Waals surface area contributed by atoms with Gasteiger partial charge >= 0.3 is 0 Å². The van der Waals surface area contributed by atoms with E-state index in [-0.39, 0.29) is 5.78 Å². The average molecular weight is 194 g/mol. The van der Waals surface area contributed by atoms with Gasteiger partial charge in [0.25, 0.3) is 0 Å². The SMILES string of the molecule is CCOc1ccc(C(=O)C(C)O)cc1. The van der Waals surface area contributed by atoms with E-state index in [0.29, 0.717) is 12.2 Å². The number of aliphatic hydroxyl groups excluding tert-OH is 1. The number of Topliss-reactive ketones (excluding diaryl/α,β-unsaturated/α-hetero) is 1. The molecule has 0 aromatic heterocycles. The van der Waals surface area contributed by atoms with Crippen molar-refractivity contribution in [2.45, 2.75) is 20.0 Å². The predicted octanol–water partition coefficient (Wildman–Crippen LogP) is 1.65. The third-order valence-electron chi connectivity index (χ3n) is 1.83. The van der Waals surface area contributed by atoms with Gasteiger partial charge < -0.3 is 9.84 Å². The lowest BCUT2D eigenvalue weighted by molar-refractivity contribution is 0.0779. The summed E-state index contributed by atoms with van der Waals surface area (Å²) in [4.78, 5) is 11.3. The predicted molar refractivity (Wildman–Crippen MR) is 53.6 cm³/mol. The molecule has 1 unspecified atom stereocenters. The maximum Gasteiger partial charge on any atom is 0.190 e. The number of ketones is 1. The van der Waals surface area contributed by atoms with E-state index >= 15 is 0 Å². The summed E-state index contributed by atoms with van der Waals surface area (Å²) in [5.74, 6) is 0.461. The first-order chi connectivity index (χ1) is 6.65. The Morgan fingerprint density at radius 2 is 2.00 bits per heavy atom. The van der Waals surface area contributed by atoms with E-state index in [1.165, 1.54) is 6.92 Å². The summed E-state index contributed by atoms with van der Waals surface area (Å²) in [6, 6.07) is 6.75. The molecule has 0 spiro atoms. The fourth-order valence-corrected chi connectivity index (χ4v) is 1.12. The zero-order chi connectivity index (χ0) is 10.6. The molecule has 0 radical (unpaired) electrons. The molecule has 1 N–H and O–H groups in total. The highest BCUT2D eigenvalue weighted by molar-refractivity contribution is 5.99. The summed E-state index contributed by atoms with van der Waals surface area (Å²) in [6.45, 7) is 3.96. The largest absolute Gasteiger partial charge is 0.494 e. The highest BCUT2D eigenvalue weighted by Gasteiger charge is 2.11. The first-order valence-corrected chi connectivity index (χ1v) is 4.60. The van der Waals surface area contributed by atoms with E-state index in [2.05, 4.69) is 0 Å². The number of rotatable bonds is 4. The maximum atomic E-state index is 11.3. The van der Waals surface area contributed by atoms with Crippen molar-refractivity contribution >= 4 is 5.78 Å². The molecule has 0 aliphatic carbocycles. The second kappa shape index (κ2) is 4.77. The van der Waals surface area contributed by atoms with Crippen molar-refractivity contribution in [3.63, 3.8) is 0 Å². The van der Waals surface area contributed by atoms with Crippen molar-refractivity contribution in [2.75, 3.05) is 6.61 Å². The van der Waals surface area contributed by atoms with Gasteiger partial charge in [0.15, 0.2) is 5.78 Å². The molecule has 0 fully saturated rings. The third-order valence-corrected chi connectivity index (χ3v) is 1.83. The van der Waals surface area contributed by atoms with Gasteiger partial charge in [-0.2, -0.15) is 0 Å². The molecule has 0 aliphatic rings. The van der Waals surface area contributed by atoms with Gasteiger partial charge in [-0.15, -0.1) is 0 Å². The fraction of sp³-hybridized carbons (Fsp3) is 0.364. The number of carbonyl (C=O) groups excluding carboxylic acids is 1. The number of carbonyl (C=O) groups is 1. The Bertz CT molecular complexity index is 301. The summed E-state index contributed by atoms with van der Waals surface area (Å²) in [6.07, 6.45) is -0.951. The van der Waals surface area contributed by atoms with Gasteiger partial charge in [0.2, 0.25) is 0 Å². The van der Waals surface area contributed by atoms with Crippen LogP contribution >= 0.6 is 0 Å². The van der Waals surface area contributed by atoms with Crippen LogP contribution in [0.5, 0.6) is 5.75 Å². The van der Waals surface area contributed by atoms with Crippen molar-refractivity contribution in [1.82, 2.24) is 0 Å². The van der Waals surface area contributed by atoms with E-state index < -0.39 is 6.10 Å². The van der Waals surface area contributed by atoms with Crippen LogP contribution in [0, 0.1) is 0 Å². The van der Waals surface area contributed by atoms with E-state index in [1.54, 1.807) is 24.3 Å². The molecule has 0 amide bonds. The smallest absolute Gasteiger partial charge is 0.190 e. The topological polar surface area (TPSA) is 46.5 Å². The number of hydrogen-bond donors (Lipinski definition) is 1. The zero-order valence-electron chi connectivity index (χ0n) is 8.36. The highest BCUT2D eigenvalue weighted by atomic mass is 16.5. The molecule has 1 aromatic carbocycles. The van der Waals surface area contributed by atoms with Gasteiger partial charge in [-0.1, -0.05) is 0 Å². The lowest BCUT2D eigenvalue weighted by Gasteiger charge is -2.05. The number of aliphatic hydroxyl groups is 1. The molecule has 0 heterocycles. The second-order valence-corrected chi connectivity index (χ2v) is 3.00. The van der Waals surface area contributed by atoms with Crippen molar-refractivity contribution in [1.29, 1.82) is 0 Å². The number of benzene rings is 1.